The molecule has 0 fully saturated rings. The van der Waals surface area contributed by atoms with Crippen molar-refractivity contribution in [1.29, 1.82) is 0 Å². The standard InChI is InChI=1S/C28H39N3O6S/c1-6-24(28(33)29-17-20(3)4)30(18-22-10-8-9-21(5)15-22)27(32)19-31(38(34,35)7-2)23-11-12-25-26(16-23)37-14-13-36-25/h8-12,15-16,20,24H,6-7,13-14,17-19H2,1-5H3,(H,29,33). The minimum atomic E-state index is -3.83. The van der Waals surface area contributed by atoms with Gasteiger partial charge in [0.25, 0.3) is 0 Å². The van der Waals surface area contributed by atoms with Gasteiger partial charge in [-0.25, -0.2) is 8.42 Å². The number of rotatable bonds is 12. The molecule has 0 saturated carbocycles. The monoisotopic (exact) mass is 545 g/mol. The summed E-state index contributed by atoms with van der Waals surface area (Å²) in [4.78, 5) is 28.6. The molecular formula is C28H39N3O6S. The summed E-state index contributed by atoms with van der Waals surface area (Å²) in [6, 6.07) is 11.8. The molecule has 0 radical (unpaired) electrons. The third kappa shape index (κ3) is 7.40. The van der Waals surface area contributed by atoms with Crippen LogP contribution in [0.3, 0.4) is 0 Å². The highest BCUT2D eigenvalue weighted by molar-refractivity contribution is 7.92. The Morgan fingerprint density at radius 2 is 1.74 bits per heavy atom. The number of hydrogen-bond donors (Lipinski definition) is 1. The summed E-state index contributed by atoms with van der Waals surface area (Å²) in [5.41, 5.74) is 2.19. The molecule has 1 aliphatic rings. The second kappa shape index (κ2) is 13.0. The van der Waals surface area contributed by atoms with Crippen LogP contribution in [0.15, 0.2) is 42.5 Å². The van der Waals surface area contributed by atoms with Crippen LogP contribution in [0.5, 0.6) is 11.5 Å². The summed E-state index contributed by atoms with van der Waals surface area (Å²) in [7, 11) is -3.83. The summed E-state index contributed by atoms with van der Waals surface area (Å²) >= 11 is 0. The van der Waals surface area contributed by atoms with Gasteiger partial charge in [-0.15, -0.1) is 0 Å². The number of carbonyl (C=O) groups excluding carboxylic acids is 2. The van der Waals surface area contributed by atoms with E-state index in [1.54, 1.807) is 18.2 Å². The molecule has 38 heavy (non-hydrogen) atoms. The molecule has 1 atom stereocenters. The molecule has 2 aromatic carbocycles. The van der Waals surface area contributed by atoms with Gasteiger partial charge in [0.1, 0.15) is 25.8 Å². The molecule has 0 aromatic heterocycles. The van der Waals surface area contributed by atoms with Crippen LogP contribution in [0.1, 0.15) is 45.2 Å². The predicted molar refractivity (Wildman–Crippen MR) is 148 cm³/mol. The topological polar surface area (TPSA) is 105 Å². The van der Waals surface area contributed by atoms with E-state index in [4.69, 9.17) is 9.47 Å². The van der Waals surface area contributed by atoms with Gasteiger partial charge >= 0.3 is 0 Å². The smallest absolute Gasteiger partial charge is 0.244 e. The van der Waals surface area contributed by atoms with Gasteiger partial charge in [-0.1, -0.05) is 50.6 Å². The Balaban J connectivity index is 1.97. The number of nitrogens with one attached hydrogen (secondary N) is 1. The van der Waals surface area contributed by atoms with Gasteiger partial charge in [-0.2, -0.15) is 0 Å². The second-order valence-corrected chi connectivity index (χ2v) is 12.0. The van der Waals surface area contributed by atoms with Crippen molar-refractivity contribution in [2.24, 2.45) is 5.92 Å². The molecule has 0 bridgehead atoms. The van der Waals surface area contributed by atoms with Crippen molar-refractivity contribution in [1.82, 2.24) is 10.2 Å². The molecule has 2 aromatic rings. The van der Waals surface area contributed by atoms with E-state index in [9.17, 15) is 18.0 Å². The number of carbonyl (C=O) groups is 2. The number of anilines is 1. The number of hydrogen-bond acceptors (Lipinski definition) is 6. The molecule has 3 rings (SSSR count). The van der Waals surface area contributed by atoms with Gasteiger partial charge in [0.15, 0.2) is 11.5 Å². The highest BCUT2D eigenvalue weighted by Gasteiger charge is 2.33. The van der Waals surface area contributed by atoms with Gasteiger partial charge in [0, 0.05) is 19.2 Å². The van der Waals surface area contributed by atoms with Crippen LogP contribution in [-0.2, 0) is 26.2 Å². The third-order valence-corrected chi connectivity index (χ3v) is 8.04. The predicted octanol–water partition coefficient (Wildman–Crippen LogP) is 3.50. The summed E-state index contributed by atoms with van der Waals surface area (Å²) < 4.78 is 38.7. The quantitative estimate of drug-likeness (QED) is 0.438. The Morgan fingerprint density at radius 1 is 1.03 bits per heavy atom. The molecule has 208 valence electrons. The zero-order valence-corrected chi connectivity index (χ0v) is 23.7. The van der Waals surface area contributed by atoms with Crippen LogP contribution in [0.4, 0.5) is 5.69 Å². The molecule has 1 heterocycles. The minimum Gasteiger partial charge on any atom is -0.486 e. The van der Waals surface area contributed by atoms with Crippen molar-refractivity contribution >= 4 is 27.5 Å². The van der Waals surface area contributed by atoms with E-state index in [0.717, 1.165) is 15.4 Å². The highest BCUT2D eigenvalue weighted by Crippen LogP contribution is 2.35. The van der Waals surface area contributed by atoms with Crippen LogP contribution in [-0.4, -0.2) is 63.2 Å². The molecule has 2 amide bonds. The Bertz CT molecular complexity index is 1230. The fourth-order valence-corrected chi connectivity index (χ4v) is 5.31. The van der Waals surface area contributed by atoms with E-state index >= 15 is 0 Å². The first kappa shape index (κ1) is 29.3. The van der Waals surface area contributed by atoms with Crippen LogP contribution in [0.25, 0.3) is 0 Å². The van der Waals surface area contributed by atoms with Crippen molar-refractivity contribution < 1.29 is 27.5 Å². The summed E-state index contributed by atoms with van der Waals surface area (Å²) in [5, 5.41) is 2.93. The minimum absolute atomic E-state index is 0.176. The average Bonchev–Trinajstić information content (AvgIpc) is 2.89. The van der Waals surface area contributed by atoms with E-state index in [1.807, 2.05) is 52.0 Å². The lowest BCUT2D eigenvalue weighted by atomic mass is 10.1. The number of fused-ring (bicyclic) bond motifs is 1. The van der Waals surface area contributed by atoms with Crippen LogP contribution in [0, 0.1) is 12.8 Å². The second-order valence-electron chi connectivity index (χ2n) is 9.81. The number of amides is 2. The van der Waals surface area contributed by atoms with Gasteiger partial charge < -0.3 is 19.7 Å². The van der Waals surface area contributed by atoms with E-state index in [-0.39, 0.29) is 24.1 Å². The van der Waals surface area contributed by atoms with Crippen molar-refractivity contribution in [2.75, 3.05) is 36.4 Å². The first-order valence-corrected chi connectivity index (χ1v) is 14.7. The third-order valence-electron chi connectivity index (χ3n) is 6.30. The van der Waals surface area contributed by atoms with Gasteiger partial charge in [0.05, 0.1) is 11.4 Å². The molecule has 0 spiro atoms. The van der Waals surface area contributed by atoms with Gasteiger partial charge in [-0.05, 0) is 43.9 Å². The van der Waals surface area contributed by atoms with Gasteiger partial charge in [0.2, 0.25) is 21.8 Å². The number of benzene rings is 2. The lowest BCUT2D eigenvalue weighted by Crippen LogP contribution is -2.52. The number of aryl methyl sites for hydroxylation is 1. The zero-order chi connectivity index (χ0) is 27.9. The lowest BCUT2D eigenvalue weighted by molar-refractivity contribution is -0.140. The Kier molecular flexibility index (Phi) is 10.0. The first-order chi connectivity index (χ1) is 18.1. The molecule has 9 nitrogen and oxygen atoms in total. The first-order valence-electron chi connectivity index (χ1n) is 13.1. The van der Waals surface area contributed by atoms with Crippen molar-refractivity contribution in [3.63, 3.8) is 0 Å². The number of nitrogens with zero attached hydrogens (tertiary/aromatic N) is 2. The maximum absolute atomic E-state index is 13.9. The fraction of sp³-hybridized carbons (Fsp3) is 0.500. The SMILES string of the molecule is CCC(C(=O)NCC(C)C)N(Cc1cccc(C)c1)C(=O)CN(c1ccc2c(c1)OCCO2)S(=O)(=O)CC. The number of ether oxygens (including phenoxy) is 2. The van der Waals surface area contributed by atoms with Crippen LogP contribution in [0.2, 0.25) is 0 Å². The number of sulfonamides is 1. The van der Waals surface area contributed by atoms with E-state index in [1.165, 1.54) is 11.8 Å². The maximum atomic E-state index is 13.9. The van der Waals surface area contributed by atoms with Gasteiger partial charge in [-0.3, -0.25) is 13.9 Å². The molecule has 1 N–H and O–H groups in total. The lowest BCUT2D eigenvalue weighted by Gasteiger charge is -2.33. The van der Waals surface area contributed by atoms with Crippen molar-refractivity contribution in [3.8, 4) is 11.5 Å². The summed E-state index contributed by atoms with van der Waals surface area (Å²) in [6.07, 6.45) is 0.381. The summed E-state index contributed by atoms with van der Waals surface area (Å²) in [6.45, 7) is 10.3. The fourth-order valence-electron chi connectivity index (χ4n) is 4.26. The Morgan fingerprint density at radius 3 is 2.37 bits per heavy atom. The van der Waals surface area contributed by atoms with Crippen molar-refractivity contribution in [2.45, 2.75) is 53.6 Å². The molecular weight excluding hydrogens is 506 g/mol. The van der Waals surface area contributed by atoms with Crippen LogP contribution < -0.4 is 19.1 Å². The molecule has 1 unspecified atom stereocenters. The normalized spacial score (nSPS) is 13.6. The average molecular weight is 546 g/mol. The Hall–Kier alpha value is -3.27. The molecule has 10 heteroatoms. The largest absolute Gasteiger partial charge is 0.486 e. The van der Waals surface area contributed by atoms with E-state index < -0.39 is 28.5 Å². The zero-order valence-electron chi connectivity index (χ0n) is 22.9. The molecule has 0 saturated heterocycles. The highest BCUT2D eigenvalue weighted by atomic mass is 32.2. The summed E-state index contributed by atoms with van der Waals surface area (Å²) in [5.74, 6) is 0.274. The molecule has 0 aliphatic carbocycles. The Labute approximate surface area is 226 Å². The van der Waals surface area contributed by atoms with E-state index in [0.29, 0.717) is 43.4 Å². The van der Waals surface area contributed by atoms with Crippen LogP contribution >= 0.6 is 0 Å². The molecule has 1 aliphatic heterocycles. The van der Waals surface area contributed by atoms with E-state index in [2.05, 4.69) is 5.32 Å². The van der Waals surface area contributed by atoms with Crippen molar-refractivity contribution in [3.05, 3.63) is 53.6 Å². The maximum Gasteiger partial charge on any atom is 0.244 e.